The molecule has 0 unspecified atom stereocenters. The average Bonchev–Trinajstić information content (AvgIpc) is 3.10. The topological polar surface area (TPSA) is 95.8 Å². The van der Waals surface area contributed by atoms with Crippen LogP contribution in [-0.4, -0.2) is 57.0 Å². The van der Waals surface area contributed by atoms with Crippen molar-refractivity contribution in [2.45, 2.75) is 38.0 Å². The lowest BCUT2D eigenvalue weighted by Gasteiger charge is -2.30. The Kier molecular flexibility index (Phi) is 7.14. The Bertz CT molecular complexity index is 931. The molecular formula is C21H30N4O4S. The van der Waals surface area contributed by atoms with Crippen molar-refractivity contribution in [3.63, 3.8) is 0 Å². The van der Waals surface area contributed by atoms with Gasteiger partial charge in [0, 0.05) is 44.8 Å². The van der Waals surface area contributed by atoms with Gasteiger partial charge >= 0.3 is 0 Å². The van der Waals surface area contributed by atoms with Crippen molar-refractivity contribution < 1.29 is 17.7 Å². The van der Waals surface area contributed by atoms with Crippen molar-refractivity contribution >= 4 is 21.6 Å². The molecule has 0 bridgehead atoms. The number of piperidine rings is 1. The smallest absolute Gasteiger partial charge is 0.248 e. The largest absolute Gasteiger partial charge is 0.375 e. The molecule has 1 N–H and O–H groups in total. The van der Waals surface area contributed by atoms with Crippen LogP contribution in [-0.2, 0) is 14.8 Å². The fourth-order valence-electron chi connectivity index (χ4n) is 3.81. The summed E-state index contributed by atoms with van der Waals surface area (Å²) in [7, 11) is -1.61. The second kappa shape index (κ2) is 9.61. The van der Waals surface area contributed by atoms with Crippen molar-refractivity contribution in [1.29, 1.82) is 0 Å². The number of carbonyl (C=O) groups excluding carboxylic acids is 1. The first-order valence-corrected chi connectivity index (χ1v) is 11.7. The Morgan fingerprint density at radius 1 is 1.23 bits per heavy atom. The van der Waals surface area contributed by atoms with Crippen molar-refractivity contribution in [1.82, 2.24) is 14.8 Å². The van der Waals surface area contributed by atoms with Crippen LogP contribution in [0.1, 0.15) is 30.7 Å². The summed E-state index contributed by atoms with van der Waals surface area (Å²) in [4.78, 5) is 14.8. The molecule has 0 aliphatic carbocycles. The molecule has 164 valence electrons. The highest BCUT2D eigenvalue weighted by atomic mass is 32.2. The number of nitrogens with zero attached hydrogens (tertiary/aromatic N) is 3. The Morgan fingerprint density at radius 3 is 2.50 bits per heavy atom. The number of hydrogen-bond donors (Lipinski definition) is 1. The van der Waals surface area contributed by atoms with Gasteiger partial charge in [-0.2, -0.15) is 4.31 Å². The van der Waals surface area contributed by atoms with Crippen LogP contribution in [0.5, 0.6) is 0 Å². The quantitative estimate of drug-likeness (QED) is 0.641. The van der Waals surface area contributed by atoms with Gasteiger partial charge < -0.3 is 14.7 Å². The minimum Gasteiger partial charge on any atom is -0.375 e. The number of aryl methyl sites for hydroxylation is 2. The number of rotatable bonds is 8. The third kappa shape index (κ3) is 5.02. The molecule has 0 saturated carbocycles. The molecule has 1 fully saturated rings. The van der Waals surface area contributed by atoms with Crippen molar-refractivity contribution in [2.75, 3.05) is 38.1 Å². The number of carbonyl (C=O) groups is 1. The van der Waals surface area contributed by atoms with Crippen LogP contribution in [0.2, 0.25) is 0 Å². The van der Waals surface area contributed by atoms with Gasteiger partial charge in [-0.15, -0.1) is 0 Å². The molecule has 3 rings (SSSR count). The summed E-state index contributed by atoms with van der Waals surface area (Å²) in [6, 6.07) is 10.1. The van der Waals surface area contributed by atoms with Gasteiger partial charge in [-0.3, -0.25) is 4.79 Å². The number of para-hydroxylation sites is 1. The highest BCUT2D eigenvalue weighted by Gasteiger charge is 2.35. The van der Waals surface area contributed by atoms with E-state index in [0.29, 0.717) is 43.9 Å². The molecule has 1 amide bonds. The number of anilines is 1. The summed E-state index contributed by atoms with van der Waals surface area (Å²) in [5.74, 6) is 0.146. The van der Waals surface area contributed by atoms with Gasteiger partial charge in [-0.1, -0.05) is 23.4 Å². The third-order valence-corrected chi connectivity index (χ3v) is 7.70. The van der Waals surface area contributed by atoms with E-state index in [2.05, 4.69) is 27.5 Å². The van der Waals surface area contributed by atoms with Gasteiger partial charge in [0.15, 0.2) is 5.76 Å². The van der Waals surface area contributed by atoms with Crippen LogP contribution in [0, 0.1) is 19.8 Å². The van der Waals surface area contributed by atoms with Crippen LogP contribution < -0.4 is 10.2 Å². The van der Waals surface area contributed by atoms with Crippen molar-refractivity contribution in [2.24, 2.45) is 5.92 Å². The maximum absolute atomic E-state index is 12.9. The number of sulfonamides is 1. The Hall–Kier alpha value is -2.39. The zero-order valence-corrected chi connectivity index (χ0v) is 18.6. The molecule has 1 aromatic carbocycles. The lowest BCUT2D eigenvalue weighted by Crippen LogP contribution is -2.43. The standard InChI is InChI=1S/C21H30N4O4S/c1-16-20(17(2)29-23-16)30(27,28)25-14-10-18(11-15-25)21(26)22-12-7-13-24(3)19-8-5-4-6-9-19/h4-6,8-9,18H,7,10-15H2,1-3H3,(H,22,26). The average molecular weight is 435 g/mol. The monoisotopic (exact) mass is 434 g/mol. The van der Waals surface area contributed by atoms with E-state index in [0.717, 1.165) is 18.7 Å². The van der Waals surface area contributed by atoms with E-state index in [4.69, 9.17) is 4.52 Å². The van der Waals surface area contributed by atoms with E-state index in [-0.39, 0.29) is 16.7 Å². The molecule has 0 atom stereocenters. The zero-order valence-electron chi connectivity index (χ0n) is 17.8. The second-order valence-corrected chi connectivity index (χ2v) is 9.61. The van der Waals surface area contributed by atoms with Crippen LogP contribution in [0.3, 0.4) is 0 Å². The Morgan fingerprint density at radius 2 is 1.90 bits per heavy atom. The first-order valence-electron chi connectivity index (χ1n) is 10.3. The zero-order chi connectivity index (χ0) is 21.7. The van der Waals surface area contributed by atoms with Crippen LogP contribution >= 0.6 is 0 Å². The molecule has 1 saturated heterocycles. The molecule has 9 heteroatoms. The molecule has 2 aromatic rings. The third-order valence-electron chi connectivity index (χ3n) is 5.56. The Balaban J connectivity index is 1.43. The van der Waals surface area contributed by atoms with E-state index >= 15 is 0 Å². The molecule has 1 aromatic heterocycles. The van der Waals surface area contributed by atoms with Crippen LogP contribution in [0.15, 0.2) is 39.8 Å². The highest BCUT2D eigenvalue weighted by molar-refractivity contribution is 7.89. The van der Waals surface area contributed by atoms with Gasteiger partial charge in [0.1, 0.15) is 10.6 Å². The molecule has 0 spiro atoms. The SMILES string of the molecule is Cc1noc(C)c1S(=O)(=O)N1CCC(C(=O)NCCCN(C)c2ccccc2)CC1. The van der Waals surface area contributed by atoms with E-state index in [1.807, 2.05) is 25.2 Å². The molecule has 8 nitrogen and oxygen atoms in total. The lowest BCUT2D eigenvalue weighted by atomic mass is 9.97. The molecule has 1 aliphatic heterocycles. The van der Waals surface area contributed by atoms with Gasteiger partial charge in [0.2, 0.25) is 15.9 Å². The van der Waals surface area contributed by atoms with Gasteiger partial charge in [0.05, 0.1) is 0 Å². The maximum atomic E-state index is 12.9. The lowest BCUT2D eigenvalue weighted by molar-refractivity contribution is -0.126. The van der Waals surface area contributed by atoms with Crippen molar-refractivity contribution in [3.8, 4) is 0 Å². The number of nitrogens with one attached hydrogen (secondary N) is 1. The summed E-state index contributed by atoms with van der Waals surface area (Å²) in [6.45, 7) is 5.32. The molecular weight excluding hydrogens is 404 g/mol. The fourth-order valence-corrected chi connectivity index (χ4v) is 5.57. The second-order valence-electron chi connectivity index (χ2n) is 7.73. The summed E-state index contributed by atoms with van der Waals surface area (Å²) >= 11 is 0. The van der Waals surface area contributed by atoms with Crippen LogP contribution in [0.4, 0.5) is 5.69 Å². The first kappa shape index (κ1) is 22.3. The Labute approximate surface area is 178 Å². The molecule has 1 aliphatic rings. The first-order chi connectivity index (χ1) is 14.3. The fraction of sp³-hybridized carbons (Fsp3) is 0.524. The van der Waals surface area contributed by atoms with E-state index in [1.165, 1.54) is 4.31 Å². The normalized spacial score (nSPS) is 15.8. The van der Waals surface area contributed by atoms with Gasteiger partial charge in [-0.05, 0) is 45.2 Å². The molecule has 0 radical (unpaired) electrons. The summed E-state index contributed by atoms with van der Waals surface area (Å²) < 4.78 is 32.2. The molecule has 2 heterocycles. The predicted molar refractivity (Wildman–Crippen MR) is 115 cm³/mol. The highest BCUT2D eigenvalue weighted by Crippen LogP contribution is 2.27. The summed E-state index contributed by atoms with van der Waals surface area (Å²) in [6.07, 6.45) is 1.87. The summed E-state index contributed by atoms with van der Waals surface area (Å²) in [5, 5.41) is 6.75. The van der Waals surface area contributed by atoms with Gasteiger partial charge in [0.25, 0.3) is 0 Å². The minimum atomic E-state index is -3.65. The number of aromatic nitrogens is 1. The van der Waals surface area contributed by atoms with Crippen LogP contribution in [0.25, 0.3) is 0 Å². The van der Waals surface area contributed by atoms with E-state index < -0.39 is 10.0 Å². The number of amides is 1. The van der Waals surface area contributed by atoms with E-state index in [9.17, 15) is 13.2 Å². The molecule has 30 heavy (non-hydrogen) atoms. The maximum Gasteiger partial charge on any atom is 0.248 e. The summed E-state index contributed by atoms with van der Waals surface area (Å²) in [5.41, 5.74) is 1.52. The van der Waals surface area contributed by atoms with E-state index in [1.54, 1.807) is 13.8 Å². The van der Waals surface area contributed by atoms with Crippen molar-refractivity contribution in [3.05, 3.63) is 41.8 Å². The number of hydrogen-bond acceptors (Lipinski definition) is 6. The van der Waals surface area contributed by atoms with Gasteiger partial charge in [-0.25, -0.2) is 8.42 Å². The minimum absolute atomic E-state index is 0.00625. The number of benzene rings is 1. The predicted octanol–water partition coefficient (Wildman–Crippen LogP) is 2.33.